The largest absolute Gasteiger partial charge is 0.351 e. The van der Waals surface area contributed by atoms with Crippen molar-refractivity contribution in [1.29, 1.82) is 0 Å². The molecule has 2 heterocycles. The summed E-state index contributed by atoms with van der Waals surface area (Å²) < 4.78 is 1.85. The van der Waals surface area contributed by atoms with E-state index in [1.54, 1.807) is 0 Å². The first-order valence-electron chi connectivity index (χ1n) is 6.37. The predicted octanol–water partition coefficient (Wildman–Crippen LogP) is 2.31. The Morgan fingerprint density at radius 2 is 2.18 bits per heavy atom. The highest BCUT2D eigenvalue weighted by Gasteiger charge is 2.33. The van der Waals surface area contributed by atoms with Crippen LogP contribution in [0.2, 0.25) is 0 Å². The molecule has 1 saturated heterocycles. The number of carbonyl (C=O) groups excluding carboxylic acids is 1. The maximum Gasteiger partial charge on any atom is 0.155 e. The van der Waals surface area contributed by atoms with E-state index in [-0.39, 0.29) is 0 Å². The summed E-state index contributed by atoms with van der Waals surface area (Å²) in [5, 5.41) is 4.37. The molecule has 1 aliphatic heterocycles. The van der Waals surface area contributed by atoms with Crippen molar-refractivity contribution in [2.45, 2.75) is 52.1 Å². The molecule has 0 bridgehead atoms. The van der Waals surface area contributed by atoms with Crippen molar-refractivity contribution in [3.8, 4) is 0 Å². The lowest BCUT2D eigenvalue weighted by Crippen LogP contribution is -2.36. The standard InChI is InChI=1S/C13H21N3O/c1-5-11-7-6-9(2)16(11)13-12(8-17)10(3)14-15(13)4/h8-9,11H,5-7H2,1-4H3. The van der Waals surface area contributed by atoms with E-state index in [0.29, 0.717) is 12.1 Å². The molecule has 2 unspecified atom stereocenters. The first kappa shape index (κ1) is 12.1. The first-order valence-corrected chi connectivity index (χ1v) is 6.37. The molecule has 1 aliphatic rings. The molecule has 94 valence electrons. The van der Waals surface area contributed by atoms with Gasteiger partial charge in [0.15, 0.2) is 6.29 Å². The zero-order chi connectivity index (χ0) is 12.6. The van der Waals surface area contributed by atoms with Crippen LogP contribution in [0.1, 0.15) is 49.2 Å². The summed E-state index contributed by atoms with van der Waals surface area (Å²) in [4.78, 5) is 13.6. The minimum atomic E-state index is 0.494. The monoisotopic (exact) mass is 235 g/mol. The zero-order valence-electron chi connectivity index (χ0n) is 11.1. The van der Waals surface area contributed by atoms with Crippen LogP contribution in [0.25, 0.3) is 0 Å². The molecule has 0 spiro atoms. The third-order valence-electron chi connectivity index (χ3n) is 3.86. The molecule has 0 amide bonds. The number of anilines is 1. The summed E-state index contributed by atoms with van der Waals surface area (Å²) in [6, 6.07) is 1.03. The fourth-order valence-corrected chi connectivity index (χ4v) is 2.96. The number of nitrogens with zero attached hydrogens (tertiary/aromatic N) is 3. The Kier molecular flexibility index (Phi) is 3.22. The molecule has 1 aromatic heterocycles. The van der Waals surface area contributed by atoms with Crippen LogP contribution < -0.4 is 4.90 Å². The number of hydrogen-bond acceptors (Lipinski definition) is 3. The Labute approximate surface area is 103 Å². The lowest BCUT2D eigenvalue weighted by atomic mass is 10.1. The van der Waals surface area contributed by atoms with E-state index < -0.39 is 0 Å². The quantitative estimate of drug-likeness (QED) is 0.755. The van der Waals surface area contributed by atoms with Gasteiger partial charge >= 0.3 is 0 Å². The molecule has 0 aromatic carbocycles. The van der Waals surface area contributed by atoms with Gasteiger partial charge in [0.1, 0.15) is 5.82 Å². The Morgan fingerprint density at radius 3 is 2.76 bits per heavy atom. The van der Waals surface area contributed by atoms with Gasteiger partial charge in [-0.05, 0) is 33.1 Å². The SMILES string of the molecule is CCC1CCC(C)N1c1c(C=O)c(C)nn1C. The van der Waals surface area contributed by atoms with Crippen molar-refractivity contribution in [2.24, 2.45) is 7.05 Å². The topological polar surface area (TPSA) is 38.1 Å². The second-order valence-electron chi connectivity index (χ2n) is 4.96. The van der Waals surface area contributed by atoms with Crippen molar-refractivity contribution in [3.63, 3.8) is 0 Å². The maximum atomic E-state index is 11.2. The van der Waals surface area contributed by atoms with Crippen molar-refractivity contribution >= 4 is 12.1 Å². The third-order valence-corrected chi connectivity index (χ3v) is 3.86. The molecule has 4 nitrogen and oxygen atoms in total. The van der Waals surface area contributed by atoms with Gasteiger partial charge in [0.2, 0.25) is 0 Å². The van der Waals surface area contributed by atoms with E-state index in [4.69, 9.17) is 0 Å². The van der Waals surface area contributed by atoms with Gasteiger partial charge < -0.3 is 4.90 Å². The highest BCUT2D eigenvalue weighted by Crippen LogP contribution is 2.34. The maximum absolute atomic E-state index is 11.2. The van der Waals surface area contributed by atoms with Crippen LogP contribution in [-0.4, -0.2) is 28.2 Å². The Bertz CT molecular complexity index is 425. The van der Waals surface area contributed by atoms with Gasteiger partial charge in [-0.3, -0.25) is 9.48 Å². The Balaban J connectivity index is 2.48. The lowest BCUT2D eigenvalue weighted by molar-refractivity contribution is 0.112. The third kappa shape index (κ3) is 1.85. The highest BCUT2D eigenvalue weighted by atomic mass is 16.1. The lowest BCUT2D eigenvalue weighted by Gasteiger charge is -2.30. The Morgan fingerprint density at radius 1 is 1.47 bits per heavy atom. The average Bonchev–Trinajstić information content (AvgIpc) is 2.78. The first-order chi connectivity index (χ1) is 8.10. The number of aryl methyl sites for hydroxylation is 2. The summed E-state index contributed by atoms with van der Waals surface area (Å²) in [6.07, 6.45) is 4.46. The van der Waals surface area contributed by atoms with E-state index in [9.17, 15) is 4.79 Å². The van der Waals surface area contributed by atoms with Crippen LogP contribution in [0.3, 0.4) is 0 Å². The number of aromatic nitrogens is 2. The number of rotatable bonds is 3. The molecule has 1 fully saturated rings. The molecule has 17 heavy (non-hydrogen) atoms. The van der Waals surface area contributed by atoms with Crippen LogP contribution in [0, 0.1) is 6.92 Å². The second-order valence-corrected chi connectivity index (χ2v) is 4.96. The van der Waals surface area contributed by atoms with Gasteiger partial charge in [-0.2, -0.15) is 5.10 Å². The molecular weight excluding hydrogens is 214 g/mol. The number of aldehydes is 1. The van der Waals surface area contributed by atoms with Crippen molar-refractivity contribution in [2.75, 3.05) is 4.90 Å². The zero-order valence-corrected chi connectivity index (χ0v) is 11.1. The summed E-state index contributed by atoms with van der Waals surface area (Å²) in [5.41, 5.74) is 1.58. The van der Waals surface area contributed by atoms with Crippen LogP contribution in [-0.2, 0) is 7.05 Å². The van der Waals surface area contributed by atoms with Crippen molar-refractivity contribution in [1.82, 2.24) is 9.78 Å². The molecule has 0 radical (unpaired) electrons. The molecule has 1 aromatic rings. The average molecular weight is 235 g/mol. The highest BCUT2D eigenvalue weighted by molar-refractivity contribution is 5.85. The van der Waals surface area contributed by atoms with Crippen LogP contribution in [0.15, 0.2) is 0 Å². The van der Waals surface area contributed by atoms with Crippen LogP contribution in [0.5, 0.6) is 0 Å². The van der Waals surface area contributed by atoms with Gasteiger partial charge in [0, 0.05) is 19.1 Å². The van der Waals surface area contributed by atoms with Gasteiger partial charge in [-0.1, -0.05) is 6.92 Å². The van der Waals surface area contributed by atoms with Crippen molar-refractivity contribution in [3.05, 3.63) is 11.3 Å². The van der Waals surface area contributed by atoms with E-state index in [1.165, 1.54) is 12.8 Å². The summed E-state index contributed by atoms with van der Waals surface area (Å²) in [7, 11) is 1.92. The fourth-order valence-electron chi connectivity index (χ4n) is 2.96. The fraction of sp³-hybridized carbons (Fsp3) is 0.692. The number of carbonyl (C=O) groups is 1. The smallest absolute Gasteiger partial charge is 0.155 e. The molecule has 2 rings (SSSR count). The molecule has 0 saturated carbocycles. The van der Waals surface area contributed by atoms with E-state index in [1.807, 2.05) is 18.7 Å². The van der Waals surface area contributed by atoms with Gasteiger partial charge in [0.05, 0.1) is 11.3 Å². The normalized spacial score (nSPS) is 24.4. The van der Waals surface area contributed by atoms with E-state index >= 15 is 0 Å². The molecular formula is C13H21N3O. The summed E-state index contributed by atoms with van der Waals surface area (Å²) in [5.74, 6) is 0.995. The van der Waals surface area contributed by atoms with Gasteiger partial charge in [-0.25, -0.2) is 0 Å². The van der Waals surface area contributed by atoms with E-state index in [0.717, 1.165) is 29.8 Å². The molecule has 2 atom stereocenters. The molecule has 0 aliphatic carbocycles. The number of hydrogen-bond donors (Lipinski definition) is 0. The Hall–Kier alpha value is -1.32. The molecule has 0 N–H and O–H groups in total. The minimum Gasteiger partial charge on any atom is -0.351 e. The van der Waals surface area contributed by atoms with Crippen LogP contribution in [0.4, 0.5) is 5.82 Å². The van der Waals surface area contributed by atoms with Crippen LogP contribution >= 0.6 is 0 Å². The van der Waals surface area contributed by atoms with Gasteiger partial charge in [0.25, 0.3) is 0 Å². The van der Waals surface area contributed by atoms with Gasteiger partial charge in [-0.15, -0.1) is 0 Å². The summed E-state index contributed by atoms with van der Waals surface area (Å²) in [6.45, 7) is 6.33. The van der Waals surface area contributed by atoms with E-state index in [2.05, 4.69) is 23.8 Å². The molecule has 4 heteroatoms. The van der Waals surface area contributed by atoms with Crippen molar-refractivity contribution < 1.29 is 4.79 Å². The second kappa shape index (κ2) is 4.51. The minimum absolute atomic E-state index is 0.494. The predicted molar refractivity (Wildman–Crippen MR) is 68.6 cm³/mol. The summed E-state index contributed by atoms with van der Waals surface area (Å²) >= 11 is 0.